The third-order valence-corrected chi connectivity index (χ3v) is 3.76. The molecule has 0 aliphatic carbocycles. The summed E-state index contributed by atoms with van der Waals surface area (Å²) in [5.74, 6) is 0. The predicted molar refractivity (Wildman–Crippen MR) is 68.8 cm³/mol. The second-order valence-corrected chi connectivity index (χ2v) is 4.81. The van der Waals surface area contributed by atoms with Crippen molar-refractivity contribution in [2.75, 3.05) is 13.2 Å². The Hall–Kier alpha value is -1.32. The van der Waals surface area contributed by atoms with E-state index >= 15 is 0 Å². The Kier molecular flexibility index (Phi) is 2.87. The van der Waals surface area contributed by atoms with Crippen molar-refractivity contribution in [2.24, 2.45) is 0 Å². The lowest BCUT2D eigenvalue weighted by Gasteiger charge is -2.22. The van der Waals surface area contributed by atoms with E-state index in [4.69, 9.17) is 0 Å². The van der Waals surface area contributed by atoms with E-state index in [1.54, 1.807) is 0 Å². The van der Waals surface area contributed by atoms with E-state index in [2.05, 4.69) is 40.3 Å². The van der Waals surface area contributed by atoms with Crippen LogP contribution in [0.25, 0.3) is 10.9 Å². The minimum Gasteiger partial charge on any atom is -0.395 e. The minimum absolute atomic E-state index is 0.280. The highest BCUT2D eigenvalue weighted by Gasteiger charge is 2.24. The number of aliphatic hydroxyl groups is 1. The predicted octanol–water partition coefficient (Wildman–Crippen LogP) is 2.12. The van der Waals surface area contributed by atoms with Crippen molar-refractivity contribution in [3.05, 3.63) is 36.0 Å². The molecule has 0 saturated carbocycles. The van der Waals surface area contributed by atoms with Gasteiger partial charge < -0.3 is 10.1 Å². The maximum atomic E-state index is 9.33. The second-order valence-electron chi connectivity index (χ2n) is 4.81. The van der Waals surface area contributed by atoms with Gasteiger partial charge in [-0.25, -0.2) is 0 Å². The van der Waals surface area contributed by atoms with Crippen LogP contribution in [0.15, 0.2) is 30.5 Å². The van der Waals surface area contributed by atoms with Gasteiger partial charge in [0.1, 0.15) is 0 Å². The van der Waals surface area contributed by atoms with Crippen molar-refractivity contribution in [2.45, 2.75) is 25.4 Å². The van der Waals surface area contributed by atoms with Gasteiger partial charge in [-0.3, -0.25) is 4.90 Å². The van der Waals surface area contributed by atoms with Crippen molar-refractivity contribution in [1.82, 2.24) is 9.88 Å². The average molecular weight is 230 g/mol. The molecule has 3 nitrogen and oxygen atoms in total. The number of aromatic nitrogens is 1. The van der Waals surface area contributed by atoms with Crippen molar-refractivity contribution in [1.29, 1.82) is 0 Å². The summed E-state index contributed by atoms with van der Waals surface area (Å²) in [5, 5.41) is 10.6. The number of hydrogen-bond donors (Lipinski definition) is 2. The van der Waals surface area contributed by atoms with Gasteiger partial charge in [-0.05, 0) is 31.0 Å². The zero-order valence-electron chi connectivity index (χ0n) is 9.89. The molecule has 0 bridgehead atoms. The van der Waals surface area contributed by atoms with Crippen LogP contribution in [0.4, 0.5) is 0 Å². The highest BCUT2D eigenvalue weighted by Crippen LogP contribution is 2.24. The van der Waals surface area contributed by atoms with E-state index < -0.39 is 0 Å². The lowest BCUT2D eigenvalue weighted by Crippen LogP contribution is -2.31. The maximum absolute atomic E-state index is 9.33. The third kappa shape index (κ3) is 1.96. The zero-order valence-corrected chi connectivity index (χ0v) is 9.89. The second kappa shape index (κ2) is 4.51. The molecule has 1 aliphatic rings. The standard InChI is InChI=1S/C14H18N2O/c17-10-12-4-3-7-16(12)9-11-8-15-14-6-2-1-5-13(11)14/h1-2,5-6,8,12,15,17H,3-4,7,9-10H2. The molecular formula is C14H18N2O. The summed E-state index contributed by atoms with van der Waals surface area (Å²) in [6, 6.07) is 8.74. The Morgan fingerprint density at radius 2 is 2.24 bits per heavy atom. The smallest absolute Gasteiger partial charge is 0.0587 e. The number of nitrogens with one attached hydrogen (secondary N) is 1. The molecule has 2 N–H and O–H groups in total. The number of aromatic amines is 1. The fraction of sp³-hybridized carbons (Fsp3) is 0.429. The fourth-order valence-corrected chi connectivity index (χ4v) is 2.79. The highest BCUT2D eigenvalue weighted by molar-refractivity contribution is 5.82. The Morgan fingerprint density at radius 3 is 3.12 bits per heavy atom. The number of rotatable bonds is 3. The summed E-state index contributed by atoms with van der Waals surface area (Å²) in [6.45, 7) is 2.32. The van der Waals surface area contributed by atoms with E-state index in [0.29, 0.717) is 6.04 Å². The summed E-state index contributed by atoms with van der Waals surface area (Å²) in [5.41, 5.74) is 2.53. The van der Waals surface area contributed by atoms with Crippen molar-refractivity contribution in [3.8, 4) is 0 Å². The Balaban J connectivity index is 1.85. The number of hydrogen-bond acceptors (Lipinski definition) is 2. The average Bonchev–Trinajstić information content (AvgIpc) is 2.97. The molecule has 1 fully saturated rings. The molecule has 17 heavy (non-hydrogen) atoms. The highest BCUT2D eigenvalue weighted by atomic mass is 16.3. The van der Waals surface area contributed by atoms with Crippen molar-refractivity contribution >= 4 is 10.9 Å². The molecule has 1 aromatic carbocycles. The van der Waals surface area contributed by atoms with E-state index in [1.165, 1.54) is 22.9 Å². The van der Waals surface area contributed by atoms with Crippen LogP contribution in [0.1, 0.15) is 18.4 Å². The molecule has 0 spiro atoms. The number of fused-ring (bicyclic) bond motifs is 1. The molecule has 1 atom stereocenters. The minimum atomic E-state index is 0.280. The van der Waals surface area contributed by atoms with Crippen LogP contribution >= 0.6 is 0 Å². The normalized spacial score (nSPS) is 21.4. The number of benzene rings is 1. The van der Waals surface area contributed by atoms with Gasteiger partial charge in [-0.1, -0.05) is 18.2 Å². The lowest BCUT2D eigenvalue weighted by molar-refractivity contribution is 0.154. The van der Waals surface area contributed by atoms with E-state index in [1.807, 2.05) is 0 Å². The molecule has 3 heteroatoms. The Morgan fingerprint density at radius 1 is 1.35 bits per heavy atom. The van der Waals surface area contributed by atoms with Crippen LogP contribution in [-0.4, -0.2) is 34.2 Å². The monoisotopic (exact) mass is 230 g/mol. The van der Waals surface area contributed by atoms with E-state index in [0.717, 1.165) is 19.5 Å². The SMILES string of the molecule is OCC1CCCN1Cc1c[nH]c2ccccc12. The molecule has 1 aromatic heterocycles. The number of nitrogens with zero attached hydrogens (tertiary/aromatic N) is 1. The molecule has 2 aromatic rings. The van der Waals surface area contributed by atoms with Gasteiger partial charge >= 0.3 is 0 Å². The van der Waals surface area contributed by atoms with Crippen LogP contribution in [0.5, 0.6) is 0 Å². The molecule has 1 unspecified atom stereocenters. The Labute approximate surface area is 101 Å². The molecular weight excluding hydrogens is 212 g/mol. The summed E-state index contributed by atoms with van der Waals surface area (Å²) in [6.07, 6.45) is 4.42. The fourth-order valence-electron chi connectivity index (χ4n) is 2.79. The molecule has 0 amide bonds. The van der Waals surface area contributed by atoms with Crippen molar-refractivity contribution in [3.63, 3.8) is 0 Å². The zero-order chi connectivity index (χ0) is 11.7. The first-order valence-electron chi connectivity index (χ1n) is 6.28. The van der Waals surface area contributed by atoms with Crippen LogP contribution < -0.4 is 0 Å². The number of para-hydroxylation sites is 1. The van der Waals surface area contributed by atoms with Gasteiger partial charge in [0, 0.05) is 29.7 Å². The molecule has 3 rings (SSSR count). The number of aliphatic hydroxyl groups excluding tert-OH is 1. The van der Waals surface area contributed by atoms with Crippen LogP contribution in [0.2, 0.25) is 0 Å². The van der Waals surface area contributed by atoms with Gasteiger partial charge in [-0.2, -0.15) is 0 Å². The van der Waals surface area contributed by atoms with Gasteiger partial charge in [0.15, 0.2) is 0 Å². The van der Waals surface area contributed by atoms with Crippen molar-refractivity contribution < 1.29 is 5.11 Å². The van der Waals surface area contributed by atoms with Crippen LogP contribution in [0, 0.1) is 0 Å². The van der Waals surface area contributed by atoms with Gasteiger partial charge in [0.2, 0.25) is 0 Å². The molecule has 1 saturated heterocycles. The first kappa shape index (κ1) is 10.8. The summed E-state index contributed by atoms with van der Waals surface area (Å²) in [4.78, 5) is 5.69. The first-order valence-corrected chi connectivity index (χ1v) is 6.28. The van der Waals surface area contributed by atoms with Crippen LogP contribution in [0.3, 0.4) is 0 Å². The molecule has 0 radical (unpaired) electrons. The largest absolute Gasteiger partial charge is 0.395 e. The number of H-pyrrole nitrogens is 1. The molecule has 90 valence electrons. The third-order valence-electron chi connectivity index (χ3n) is 3.76. The topological polar surface area (TPSA) is 39.3 Å². The lowest BCUT2D eigenvalue weighted by atomic mass is 10.1. The molecule has 1 aliphatic heterocycles. The van der Waals surface area contributed by atoms with Gasteiger partial charge in [0.25, 0.3) is 0 Å². The summed E-state index contributed by atoms with van der Waals surface area (Å²) in [7, 11) is 0. The molecule has 2 heterocycles. The maximum Gasteiger partial charge on any atom is 0.0587 e. The Bertz CT molecular complexity index is 506. The quantitative estimate of drug-likeness (QED) is 0.848. The van der Waals surface area contributed by atoms with Gasteiger partial charge in [-0.15, -0.1) is 0 Å². The first-order chi connectivity index (χ1) is 8.38. The van der Waals surface area contributed by atoms with E-state index in [9.17, 15) is 5.11 Å². The summed E-state index contributed by atoms with van der Waals surface area (Å²) >= 11 is 0. The van der Waals surface area contributed by atoms with Crippen LogP contribution in [-0.2, 0) is 6.54 Å². The number of likely N-dealkylation sites (tertiary alicyclic amines) is 1. The van der Waals surface area contributed by atoms with E-state index in [-0.39, 0.29) is 6.61 Å². The summed E-state index contributed by atoms with van der Waals surface area (Å²) < 4.78 is 0. The van der Waals surface area contributed by atoms with Gasteiger partial charge in [0.05, 0.1) is 6.61 Å².